The predicted octanol–water partition coefficient (Wildman–Crippen LogP) is 1.48. The molecule has 0 aromatic carbocycles. The number of carbonyl (C=O) groups is 1. The van der Waals surface area contributed by atoms with Crippen LogP contribution in [0.5, 0.6) is 0 Å². The third-order valence-electron chi connectivity index (χ3n) is 5.97. The van der Waals surface area contributed by atoms with Crippen LogP contribution >= 0.6 is 0 Å². The van der Waals surface area contributed by atoms with Gasteiger partial charge in [0.05, 0.1) is 18.2 Å². The van der Waals surface area contributed by atoms with Crippen LogP contribution in [0.1, 0.15) is 44.1 Å². The van der Waals surface area contributed by atoms with E-state index in [-0.39, 0.29) is 11.8 Å². The maximum Gasteiger partial charge on any atom is 0.224 e. The monoisotopic (exact) mass is 389 g/mol. The van der Waals surface area contributed by atoms with Gasteiger partial charge in [-0.2, -0.15) is 0 Å². The van der Waals surface area contributed by atoms with Gasteiger partial charge < -0.3 is 10.1 Å². The molecule has 156 valence electrons. The molecule has 0 spiro atoms. The van der Waals surface area contributed by atoms with Crippen LogP contribution in [-0.2, 0) is 22.5 Å². The summed E-state index contributed by atoms with van der Waals surface area (Å²) in [6.07, 6.45) is 7.21. The molecule has 2 aliphatic heterocycles. The van der Waals surface area contributed by atoms with Gasteiger partial charge in [0.15, 0.2) is 0 Å². The van der Waals surface area contributed by atoms with Crippen LogP contribution in [0.3, 0.4) is 0 Å². The van der Waals surface area contributed by atoms with Gasteiger partial charge in [0.1, 0.15) is 5.82 Å². The number of hydrogen-bond acceptors (Lipinski definition) is 6. The highest BCUT2D eigenvalue weighted by molar-refractivity contribution is 5.78. The van der Waals surface area contributed by atoms with E-state index in [1.165, 1.54) is 12.8 Å². The zero-order valence-corrected chi connectivity index (χ0v) is 17.4. The summed E-state index contributed by atoms with van der Waals surface area (Å²) in [4.78, 5) is 26.4. The second kappa shape index (κ2) is 10.8. The van der Waals surface area contributed by atoms with Crippen molar-refractivity contribution in [2.45, 2.75) is 51.6 Å². The molecule has 3 heterocycles. The minimum Gasteiger partial charge on any atom is -0.383 e. The second-order valence-electron chi connectivity index (χ2n) is 7.94. The Hall–Kier alpha value is -1.57. The quantitative estimate of drug-likeness (QED) is 0.679. The average Bonchev–Trinajstić information content (AvgIpc) is 2.74. The molecular weight excluding hydrogens is 354 g/mol. The minimum atomic E-state index is 0.122. The van der Waals surface area contributed by atoms with E-state index in [0.717, 1.165) is 63.5 Å². The summed E-state index contributed by atoms with van der Waals surface area (Å²) in [5, 5.41) is 3.01. The first kappa shape index (κ1) is 21.1. The van der Waals surface area contributed by atoms with Crippen LogP contribution in [0.2, 0.25) is 0 Å². The Labute approximate surface area is 168 Å². The molecule has 0 radical (unpaired) electrons. The number of carbonyl (C=O) groups excluding carboxylic acids is 1. The molecule has 0 saturated carbocycles. The maximum atomic E-state index is 12.4. The van der Waals surface area contributed by atoms with Crippen LogP contribution in [0.15, 0.2) is 12.3 Å². The van der Waals surface area contributed by atoms with Crippen LogP contribution in [0.4, 0.5) is 0 Å². The first-order valence-corrected chi connectivity index (χ1v) is 10.7. The van der Waals surface area contributed by atoms with Gasteiger partial charge in [0.2, 0.25) is 5.91 Å². The van der Waals surface area contributed by atoms with E-state index in [1.54, 1.807) is 7.11 Å². The molecule has 2 saturated heterocycles. The van der Waals surface area contributed by atoms with Gasteiger partial charge in [0, 0.05) is 58.5 Å². The lowest BCUT2D eigenvalue weighted by Gasteiger charge is -2.42. The van der Waals surface area contributed by atoms with Crippen molar-refractivity contribution in [2.75, 3.05) is 46.4 Å². The number of rotatable bonds is 8. The van der Waals surface area contributed by atoms with Crippen LogP contribution < -0.4 is 5.32 Å². The van der Waals surface area contributed by atoms with E-state index < -0.39 is 0 Å². The highest BCUT2D eigenvalue weighted by Crippen LogP contribution is 2.24. The number of aryl methyl sites for hydroxylation is 1. The molecule has 0 aliphatic carbocycles. The first-order chi connectivity index (χ1) is 13.7. The Bertz CT molecular complexity index is 619. The van der Waals surface area contributed by atoms with E-state index in [1.807, 2.05) is 12.3 Å². The maximum absolute atomic E-state index is 12.4. The van der Waals surface area contributed by atoms with Crippen molar-refractivity contribution in [2.24, 2.45) is 5.92 Å². The standard InChI is InChI=1S/C21H35N5O2/c1-3-20-22-9-6-18(24-20)16-25-12-7-19(8-13-25)26-11-4-5-17(15-26)21(27)23-10-14-28-2/h6,9,17,19H,3-5,7-8,10-16H2,1-2H3,(H,23,27). The largest absolute Gasteiger partial charge is 0.383 e. The van der Waals surface area contributed by atoms with Crippen LogP contribution in [-0.4, -0.2) is 78.2 Å². The third kappa shape index (κ3) is 5.96. The van der Waals surface area contributed by atoms with Crippen molar-refractivity contribution in [3.8, 4) is 0 Å². The molecule has 1 aromatic heterocycles. The molecule has 2 fully saturated rings. The molecule has 7 nitrogen and oxygen atoms in total. The van der Waals surface area contributed by atoms with Gasteiger partial charge in [-0.05, 0) is 38.3 Å². The molecule has 2 aliphatic rings. The molecule has 1 amide bonds. The van der Waals surface area contributed by atoms with Crippen molar-refractivity contribution in [1.82, 2.24) is 25.1 Å². The van der Waals surface area contributed by atoms with E-state index in [9.17, 15) is 4.79 Å². The zero-order valence-electron chi connectivity index (χ0n) is 17.4. The predicted molar refractivity (Wildman–Crippen MR) is 109 cm³/mol. The van der Waals surface area contributed by atoms with Crippen molar-refractivity contribution >= 4 is 5.91 Å². The minimum absolute atomic E-state index is 0.122. The number of aromatic nitrogens is 2. The molecule has 1 N–H and O–H groups in total. The third-order valence-corrected chi connectivity index (χ3v) is 5.97. The van der Waals surface area contributed by atoms with Gasteiger partial charge in [0.25, 0.3) is 0 Å². The van der Waals surface area contributed by atoms with Gasteiger partial charge in [-0.1, -0.05) is 6.92 Å². The molecule has 3 rings (SSSR count). The second-order valence-corrected chi connectivity index (χ2v) is 7.94. The number of ether oxygens (including phenoxy) is 1. The lowest BCUT2D eigenvalue weighted by Crippen LogP contribution is -2.50. The number of hydrogen-bond donors (Lipinski definition) is 1. The Morgan fingerprint density at radius 2 is 2.11 bits per heavy atom. The highest BCUT2D eigenvalue weighted by Gasteiger charge is 2.31. The van der Waals surface area contributed by atoms with E-state index in [4.69, 9.17) is 4.74 Å². The summed E-state index contributed by atoms with van der Waals surface area (Å²) in [7, 11) is 1.66. The summed E-state index contributed by atoms with van der Waals surface area (Å²) >= 11 is 0. The average molecular weight is 390 g/mol. The number of nitrogens with zero attached hydrogens (tertiary/aromatic N) is 4. The van der Waals surface area contributed by atoms with Gasteiger partial charge in [-0.3, -0.25) is 14.6 Å². The van der Waals surface area contributed by atoms with Crippen molar-refractivity contribution in [1.29, 1.82) is 0 Å². The molecule has 0 bridgehead atoms. The zero-order chi connectivity index (χ0) is 19.8. The lowest BCUT2D eigenvalue weighted by molar-refractivity contribution is -0.127. The molecule has 1 atom stereocenters. The summed E-state index contributed by atoms with van der Waals surface area (Å²) < 4.78 is 5.02. The fourth-order valence-electron chi connectivity index (χ4n) is 4.34. The van der Waals surface area contributed by atoms with Gasteiger partial charge >= 0.3 is 0 Å². The highest BCUT2D eigenvalue weighted by atomic mass is 16.5. The van der Waals surface area contributed by atoms with Crippen LogP contribution in [0, 0.1) is 5.92 Å². The Morgan fingerprint density at radius 1 is 1.29 bits per heavy atom. The number of amides is 1. The SMILES string of the molecule is CCc1nccc(CN2CCC(N3CCCC(C(=O)NCCOC)C3)CC2)n1. The van der Waals surface area contributed by atoms with Crippen molar-refractivity contribution in [3.05, 3.63) is 23.8 Å². The summed E-state index contributed by atoms with van der Waals surface area (Å²) in [5.41, 5.74) is 1.12. The molecule has 7 heteroatoms. The Kier molecular flexibility index (Phi) is 8.18. The fourth-order valence-corrected chi connectivity index (χ4v) is 4.34. The number of likely N-dealkylation sites (tertiary alicyclic amines) is 2. The van der Waals surface area contributed by atoms with Crippen molar-refractivity contribution < 1.29 is 9.53 Å². The summed E-state index contributed by atoms with van der Waals surface area (Å²) in [5.74, 6) is 1.24. The Balaban J connectivity index is 1.44. The Morgan fingerprint density at radius 3 is 2.86 bits per heavy atom. The smallest absolute Gasteiger partial charge is 0.224 e. The summed E-state index contributed by atoms with van der Waals surface area (Å²) in [6, 6.07) is 2.63. The van der Waals surface area contributed by atoms with E-state index >= 15 is 0 Å². The summed E-state index contributed by atoms with van der Waals surface area (Å²) in [6.45, 7) is 8.39. The van der Waals surface area contributed by atoms with Crippen molar-refractivity contribution in [3.63, 3.8) is 0 Å². The number of methoxy groups -OCH3 is 1. The number of piperidine rings is 2. The first-order valence-electron chi connectivity index (χ1n) is 10.7. The molecule has 1 unspecified atom stereocenters. The molecule has 28 heavy (non-hydrogen) atoms. The molecule has 1 aromatic rings. The van der Waals surface area contributed by atoms with E-state index in [0.29, 0.717) is 19.2 Å². The number of nitrogens with one attached hydrogen (secondary N) is 1. The van der Waals surface area contributed by atoms with Gasteiger partial charge in [-0.15, -0.1) is 0 Å². The topological polar surface area (TPSA) is 70.6 Å². The van der Waals surface area contributed by atoms with Gasteiger partial charge in [-0.25, -0.2) is 9.97 Å². The molecular formula is C21H35N5O2. The lowest BCUT2D eigenvalue weighted by atomic mass is 9.93. The normalized spacial score (nSPS) is 22.3. The fraction of sp³-hybridized carbons (Fsp3) is 0.762. The van der Waals surface area contributed by atoms with E-state index in [2.05, 4.69) is 32.0 Å². The van der Waals surface area contributed by atoms with Crippen LogP contribution in [0.25, 0.3) is 0 Å².